The molecule has 2 saturated heterocycles. The molecule has 2 N–H and O–H groups in total. The van der Waals surface area contributed by atoms with E-state index in [9.17, 15) is 0 Å². The molecule has 2 rings (SSSR count). The van der Waals surface area contributed by atoms with Crippen molar-refractivity contribution in [2.75, 3.05) is 32.7 Å². The smallest absolute Gasteiger partial charge is 0.191 e. The van der Waals surface area contributed by atoms with Crippen LogP contribution in [-0.2, 0) is 0 Å². The van der Waals surface area contributed by atoms with Crippen LogP contribution in [0.15, 0.2) is 4.99 Å². The first-order chi connectivity index (χ1) is 9.09. The maximum absolute atomic E-state index is 6.14. The molecule has 0 saturated carbocycles. The summed E-state index contributed by atoms with van der Waals surface area (Å²) in [7, 11) is 0. The van der Waals surface area contributed by atoms with Crippen LogP contribution in [0.4, 0.5) is 0 Å². The lowest BCUT2D eigenvalue weighted by atomic mass is 9.99. The number of hydrogen-bond acceptors (Lipinski definition) is 2. The van der Waals surface area contributed by atoms with Crippen LogP contribution in [0.5, 0.6) is 0 Å². The second-order valence-corrected chi connectivity index (χ2v) is 6.58. The van der Waals surface area contributed by atoms with E-state index < -0.39 is 0 Å². The van der Waals surface area contributed by atoms with Gasteiger partial charge in [-0.05, 0) is 59.0 Å². The van der Waals surface area contributed by atoms with E-state index in [1.54, 1.807) is 0 Å². The number of aliphatic imine (C=N–C) groups is 1. The minimum atomic E-state index is 0.140. The molecule has 0 bridgehead atoms. The molecule has 2 aliphatic rings. The van der Waals surface area contributed by atoms with Crippen molar-refractivity contribution in [1.29, 1.82) is 0 Å². The molecule has 4 heteroatoms. The molecule has 110 valence electrons. The molecule has 0 amide bonds. The summed E-state index contributed by atoms with van der Waals surface area (Å²) >= 11 is 0. The number of guanidine groups is 1. The lowest BCUT2D eigenvalue weighted by Crippen LogP contribution is -2.49. The van der Waals surface area contributed by atoms with Crippen LogP contribution in [-0.4, -0.2) is 54.0 Å². The van der Waals surface area contributed by atoms with E-state index in [0.717, 1.165) is 25.6 Å². The predicted octanol–water partition coefficient (Wildman–Crippen LogP) is 2.05. The number of rotatable bonds is 3. The fourth-order valence-corrected chi connectivity index (χ4v) is 3.10. The van der Waals surface area contributed by atoms with Crippen molar-refractivity contribution >= 4 is 5.96 Å². The molecule has 0 spiro atoms. The maximum Gasteiger partial charge on any atom is 0.191 e. The Morgan fingerprint density at radius 1 is 0.947 bits per heavy atom. The molecule has 0 atom stereocenters. The summed E-state index contributed by atoms with van der Waals surface area (Å²) < 4.78 is 0. The zero-order valence-corrected chi connectivity index (χ0v) is 12.7. The summed E-state index contributed by atoms with van der Waals surface area (Å²) in [5.41, 5.74) is 6.28. The summed E-state index contributed by atoms with van der Waals surface area (Å²) in [5.74, 6) is 0.754. The highest BCUT2D eigenvalue weighted by atomic mass is 15.3. The third-order valence-corrected chi connectivity index (χ3v) is 4.52. The van der Waals surface area contributed by atoms with Crippen LogP contribution in [0.1, 0.15) is 52.4 Å². The van der Waals surface area contributed by atoms with E-state index in [-0.39, 0.29) is 5.54 Å². The average molecular weight is 266 g/mol. The Morgan fingerprint density at radius 2 is 1.47 bits per heavy atom. The van der Waals surface area contributed by atoms with E-state index in [4.69, 9.17) is 5.73 Å². The molecular weight excluding hydrogens is 236 g/mol. The van der Waals surface area contributed by atoms with Crippen LogP contribution in [0.25, 0.3) is 0 Å². The summed E-state index contributed by atoms with van der Waals surface area (Å²) in [6.07, 6.45) is 7.88. The third kappa shape index (κ3) is 4.10. The molecule has 0 aromatic carbocycles. The van der Waals surface area contributed by atoms with E-state index >= 15 is 0 Å². The van der Waals surface area contributed by atoms with Crippen LogP contribution >= 0.6 is 0 Å². The van der Waals surface area contributed by atoms with E-state index in [1.807, 2.05) is 0 Å². The molecule has 0 unspecified atom stereocenters. The van der Waals surface area contributed by atoms with Gasteiger partial charge in [0.2, 0.25) is 0 Å². The second-order valence-electron chi connectivity index (χ2n) is 6.58. The molecule has 4 nitrogen and oxygen atoms in total. The van der Waals surface area contributed by atoms with Gasteiger partial charge in [-0.2, -0.15) is 0 Å². The highest BCUT2D eigenvalue weighted by Gasteiger charge is 2.27. The van der Waals surface area contributed by atoms with Gasteiger partial charge in [0.25, 0.3) is 0 Å². The van der Waals surface area contributed by atoms with Crippen LogP contribution in [0.3, 0.4) is 0 Å². The van der Waals surface area contributed by atoms with Crippen molar-refractivity contribution in [3.8, 4) is 0 Å². The van der Waals surface area contributed by atoms with Crippen molar-refractivity contribution < 1.29 is 0 Å². The molecule has 0 aliphatic carbocycles. The maximum atomic E-state index is 6.14. The first-order valence-electron chi connectivity index (χ1n) is 7.89. The van der Waals surface area contributed by atoms with Gasteiger partial charge in [-0.15, -0.1) is 0 Å². The summed E-state index contributed by atoms with van der Waals surface area (Å²) in [4.78, 5) is 9.49. The first kappa shape index (κ1) is 14.6. The molecule has 19 heavy (non-hydrogen) atoms. The monoisotopic (exact) mass is 266 g/mol. The predicted molar refractivity (Wildman–Crippen MR) is 81.4 cm³/mol. The second kappa shape index (κ2) is 6.60. The highest BCUT2D eigenvalue weighted by Crippen LogP contribution is 2.21. The SMILES string of the molecule is CC(C)(CN=C(N)N1CCCCC1)N1CCCCC1. The molecular formula is C15H30N4. The van der Waals surface area contributed by atoms with Crippen molar-refractivity contribution in [3.63, 3.8) is 0 Å². The lowest BCUT2D eigenvalue weighted by Gasteiger charge is -2.40. The Balaban J connectivity index is 1.87. The topological polar surface area (TPSA) is 44.9 Å². The molecule has 0 radical (unpaired) electrons. The zero-order chi connectivity index (χ0) is 13.7. The normalized spacial score (nSPS) is 23.7. The zero-order valence-electron chi connectivity index (χ0n) is 12.7. The molecule has 2 heterocycles. The van der Waals surface area contributed by atoms with E-state index in [0.29, 0.717) is 0 Å². The molecule has 0 aromatic heterocycles. The van der Waals surface area contributed by atoms with E-state index in [2.05, 4.69) is 28.6 Å². The van der Waals surface area contributed by atoms with E-state index in [1.165, 1.54) is 51.6 Å². The largest absolute Gasteiger partial charge is 0.370 e. The van der Waals surface area contributed by atoms with Gasteiger partial charge in [-0.3, -0.25) is 9.89 Å². The van der Waals surface area contributed by atoms with Gasteiger partial charge >= 0.3 is 0 Å². The standard InChI is InChI=1S/C15H30N4/c1-15(2,19-11-7-4-8-12-19)13-17-14(16)18-9-5-3-6-10-18/h3-13H2,1-2H3,(H2,16,17). The van der Waals surface area contributed by atoms with Gasteiger partial charge < -0.3 is 10.6 Å². The summed E-state index contributed by atoms with van der Waals surface area (Å²) in [5, 5.41) is 0. The van der Waals surface area contributed by atoms with Gasteiger partial charge in [-0.25, -0.2) is 0 Å². The Bertz CT molecular complexity index is 299. The Kier molecular flexibility index (Phi) is 5.08. The van der Waals surface area contributed by atoms with Crippen molar-refractivity contribution in [3.05, 3.63) is 0 Å². The van der Waals surface area contributed by atoms with Gasteiger partial charge in [0.15, 0.2) is 5.96 Å². The Hall–Kier alpha value is -0.770. The quantitative estimate of drug-likeness (QED) is 0.628. The van der Waals surface area contributed by atoms with Crippen LogP contribution < -0.4 is 5.73 Å². The fraction of sp³-hybridized carbons (Fsp3) is 0.933. The highest BCUT2D eigenvalue weighted by molar-refractivity contribution is 5.78. The number of nitrogens with two attached hydrogens (primary N) is 1. The minimum Gasteiger partial charge on any atom is -0.370 e. The summed E-state index contributed by atoms with van der Waals surface area (Å²) in [6, 6.07) is 0. The van der Waals surface area contributed by atoms with Crippen LogP contribution in [0, 0.1) is 0 Å². The summed E-state index contributed by atoms with van der Waals surface area (Å²) in [6.45, 7) is 10.0. The first-order valence-corrected chi connectivity index (χ1v) is 7.89. The fourth-order valence-electron chi connectivity index (χ4n) is 3.10. The number of hydrogen-bond donors (Lipinski definition) is 1. The van der Waals surface area contributed by atoms with Gasteiger partial charge in [0, 0.05) is 18.6 Å². The molecule has 0 aromatic rings. The Morgan fingerprint density at radius 3 is 2.05 bits per heavy atom. The molecule has 2 fully saturated rings. The number of nitrogens with zero attached hydrogens (tertiary/aromatic N) is 3. The average Bonchev–Trinajstić information content (AvgIpc) is 2.47. The lowest BCUT2D eigenvalue weighted by molar-refractivity contribution is 0.102. The van der Waals surface area contributed by atoms with Gasteiger partial charge in [0.05, 0.1) is 6.54 Å². The van der Waals surface area contributed by atoms with Crippen LogP contribution in [0.2, 0.25) is 0 Å². The Labute approximate surface area is 118 Å². The minimum absolute atomic E-state index is 0.140. The number of likely N-dealkylation sites (tertiary alicyclic amines) is 2. The van der Waals surface area contributed by atoms with Crippen molar-refractivity contribution in [1.82, 2.24) is 9.80 Å². The molecule has 2 aliphatic heterocycles. The van der Waals surface area contributed by atoms with Crippen molar-refractivity contribution in [2.24, 2.45) is 10.7 Å². The van der Waals surface area contributed by atoms with Gasteiger partial charge in [0.1, 0.15) is 0 Å². The van der Waals surface area contributed by atoms with Crippen molar-refractivity contribution in [2.45, 2.75) is 57.9 Å². The van der Waals surface area contributed by atoms with Gasteiger partial charge in [-0.1, -0.05) is 6.42 Å². The number of piperidine rings is 2. The third-order valence-electron chi connectivity index (χ3n) is 4.52.